The van der Waals surface area contributed by atoms with E-state index in [1.54, 1.807) is 44.6 Å². The van der Waals surface area contributed by atoms with Crippen molar-refractivity contribution < 1.29 is 9.13 Å². The molecule has 1 aromatic heterocycles. The van der Waals surface area contributed by atoms with Gasteiger partial charge in [-0.1, -0.05) is 18.2 Å². The summed E-state index contributed by atoms with van der Waals surface area (Å²) in [5.41, 5.74) is 1.23. The largest absolute Gasteiger partial charge is 0.495 e. The number of rotatable bonds is 4. The van der Waals surface area contributed by atoms with Crippen LogP contribution in [0.3, 0.4) is 0 Å². The second-order valence-corrected chi connectivity index (χ2v) is 3.83. The molecule has 0 aliphatic rings. The highest BCUT2D eigenvalue weighted by Gasteiger charge is 2.20. The fourth-order valence-corrected chi connectivity index (χ4v) is 1.94. The standard InChI is InChI=1S/C14H15FN2O/c1-16-13(10-6-3-4-7-11(10)15)14-12(18-2)8-5-9-17-14/h3-9,13,16H,1-2H3. The van der Waals surface area contributed by atoms with E-state index in [1.165, 1.54) is 6.07 Å². The van der Waals surface area contributed by atoms with E-state index >= 15 is 0 Å². The fourth-order valence-electron chi connectivity index (χ4n) is 1.94. The second-order valence-electron chi connectivity index (χ2n) is 3.83. The molecule has 0 saturated heterocycles. The summed E-state index contributed by atoms with van der Waals surface area (Å²) in [5, 5.41) is 3.07. The van der Waals surface area contributed by atoms with Crippen molar-refractivity contribution in [3.63, 3.8) is 0 Å². The van der Waals surface area contributed by atoms with E-state index in [0.29, 0.717) is 17.0 Å². The minimum absolute atomic E-state index is 0.260. The van der Waals surface area contributed by atoms with Crippen molar-refractivity contribution in [3.8, 4) is 5.75 Å². The smallest absolute Gasteiger partial charge is 0.142 e. The maximum absolute atomic E-state index is 13.8. The Balaban J connectivity index is 2.49. The molecule has 0 fully saturated rings. The second kappa shape index (κ2) is 5.60. The highest BCUT2D eigenvalue weighted by atomic mass is 19.1. The lowest BCUT2D eigenvalue weighted by Crippen LogP contribution is -2.20. The van der Waals surface area contributed by atoms with Crippen molar-refractivity contribution in [1.82, 2.24) is 10.3 Å². The molecule has 0 aliphatic heterocycles. The maximum Gasteiger partial charge on any atom is 0.142 e. The Kier molecular flexibility index (Phi) is 3.89. The molecular weight excluding hydrogens is 231 g/mol. The van der Waals surface area contributed by atoms with Gasteiger partial charge in [-0.3, -0.25) is 4.98 Å². The average Bonchev–Trinajstić information content (AvgIpc) is 2.42. The average molecular weight is 246 g/mol. The van der Waals surface area contributed by atoms with Gasteiger partial charge in [0.15, 0.2) is 0 Å². The van der Waals surface area contributed by atoms with Gasteiger partial charge in [0.1, 0.15) is 17.3 Å². The van der Waals surface area contributed by atoms with Crippen LogP contribution in [-0.2, 0) is 0 Å². The fraction of sp³-hybridized carbons (Fsp3) is 0.214. The van der Waals surface area contributed by atoms with E-state index in [0.717, 1.165) is 0 Å². The number of halogens is 1. The highest BCUT2D eigenvalue weighted by Crippen LogP contribution is 2.28. The van der Waals surface area contributed by atoms with Crippen LogP contribution in [0.4, 0.5) is 4.39 Å². The van der Waals surface area contributed by atoms with Crippen LogP contribution in [0, 0.1) is 5.82 Å². The first-order valence-electron chi connectivity index (χ1n) is 5.68. The third-order valence-corrected chi connectivity index (χ3v) is 2.80. The molecular formula is C14H15FN2O. The summed E-state index contributed by atoms with van der Waals surface area (Å²) >= 11 is 0. The molecule has 1 unspecified atom stereocenters. The normalized spacial score (nSPS) is 12.2. The molecule has 4 heteroatoms. The molecule has 94 valence electrons. The van der Waals surface area contributed by atoms with Crippen molar-refractivity contribution in [2.45, 2.75) is 6.04 Å². The predicted molar refractivity (Wildman–Crippen MR) is 68.1 cm³/mol. The zero-order valence-corrected chi connectivity index (χ0v) is 10.4. The molecule has 1 N–H and O–H groups in total. The molecule has 18 heavy (non-hydrogen) atoms. The molecule has 0 bridgehead atoms. The van der Waals surface area contributed by atoms with Gasteiger partial charge in [0.2, 0.25) is 0 Å². The molecule has 0 spiro atoms. The Hall–Kier alpha value is -1.94. The number of methoxy groups -OCH3 is 1. The lowest BCUT2D eigenvalue weighted by atomic mass is 10.0. The van der Waals surface area contributed by atoms with E-state index in [2.05, 4.69) is 10.3 Å². The van der Waals surface area contributed by atoms with Crippen molar-refractivity contribution in [2.24, 2.45) is 0 Å². The zero-order chi connectivity index (χ0) is 13.0. The summed E-state index contributed by atoms with van der Waals surface area (Å²) in [7, 11) is 3.35. The van der Waals surface area contributed by atoms with Crippen LogP contribution in [0.15, 0.2) is 42.6 Å². The Morgan fingerprint density at radius 3 is 2.67 bits per heavy atom. The Morgan fingerprint density at radius 1 is 1.22 bits per heavy atom. The summed E-state index contributed by atoms with van der Waals surface area (Å²) in [6.45, 7) is 0. The van der Waals surface area contributed by atoms with E-state index < -0.39 is 0 Å². The van der Waals surface area contributed by atoms with Gasteiger partial charge in [-0.2, -0.15) is 0 Å². The topological polar surface area (TPSA) is 34.2 Å². The van der Waals surface area contributed by atoms with Crippen LogP contribution in [0.2, 0.25) is 0 Å². The number of hydrogen-bond acceptors (Lipinski definition) is 3. The molecule has 1 aromatic carbocycles. The Bertz CT molecular complexity index is 531. The molecule has 2 aromatic rings. The van der Waals surface area contributed by atoms with Crippen LogP contribution in [0.25, 0.3) is 0 Å². The summed E-state index contributed by atoms with van der Waals surface area (Å²) in [6.07, 6.45) is 1.67. The minimum atomic E-state index is -0.331. The monoisotopic (exact) mass is 246 g/mol. The third-order valence-electron chi connectivity index (χ3n) is 2.80. The lowest BCUT2D eigenvalue weighted by Gasteiger charge is -2.18. The van der Waals surface area contributed by atoms with Crippen molar-refractivity contribution in [2.75, 3.05) is 14.2 Å². The van der Waals surface area contributed by atoms with E-state index in [-0.39, 0.29) is 11.9 Å². The Labute approximate surface area is 106 Å². The van der Waals surface area contributed by atoms with Crippen molar-refractivity contribution >= 4 is 0 Å². The van der Waals surface area contributed by atoms with Gasteiger partial charge in [0, 0.05) is 11.8 Å². The first-order chi connectivity index (χ1) is 8.77. The predicted octanol–water partition coefficient (Wildman–Crippen LogP) is 2.54. The minimum Gasteiger partial charge on any atom is -0.495 e. The molecule has 2 rings (SSSR count). The third kappa shape index (κ3) is 2.33. The van der Waals surface area contributed by atoms with Crippen molar-refractivity contribution in [1.29, 1.82) is 0 Å². The van der Waals surface area contributed by atoms with E-state index in [4.69, 9.17) is 4.74 Å². The van der Waals surface area contributed by atoms with Crippen LogP contribution in [-0.4, -0.2) is 19.1 Å². The zero-order valence-electron chi connectivity index (χ0n) is 10.4. The summed E-state index contributed by atoms with van der Waals surface area (Å²) in [4.78, 5) is 4.28. The van der Waals surface area contributed by atoms with E-state index in [1.807, 2.05) is 6.07 Å². The van der Waals surface area contributed by atoms with Crippen LogP contribution < -0.4 is 10.1 Å². The SMILES string of the molecule is CNC(c1ccccc1F)c1ncccc1OC. The van der Waals surface area contributed by atoms with Crippen LogP contribution >= 0.6 is 0 Å². The molecule has 3 nitrogen and oxygen atoms in total. The number of pyridine rings is 1. The first kappa shape index (κ1) is 12.5. The number of nitrogens with one attached hydrogen (secondary N) is 1. The van der Waals surface area contributed by atoms with Crippen LogP contribution in [0.1, 0.15) is 17.3 Å². The number of nitrogens with zero attached hydrogens (tertiary/aromatic N) is 1. The quantitative estimate of drug-likeness (QED) is 0.900. The summed E-state index contributed by atoms with van der Waals surface area (Å²) in [6, 6.07) is 9.92. The van der Waals surface area contributed by atoms with Gasteiger partial charge in [-0.05, 0) is 25.2 Å². The number of aromatic nitrogens is 1. The lowest BCUT2D eigenvalue weighted by molar-refractivity contribution is 0.400. The molecule has 0 aliphatic carbocycles. The van der Waals surface area contributed by atoms with Crippen molar-refractivity contribution in [3.05, 3.63) is 59.7 Å². The van der Waals surface area contributed by atoms with Gasteiger partial charge in [0.25, 0.3) is 0 Å². The maximum atomic E-state index is 13.8. The van der Waals surface area contributed by atoms with Gasteiger partial charge < -0.3 is 10.1 Å². The Morgan fingerprint density at radius 2 is 2.00 bits per heavy atom. The van der Waals surface area contributed by atoms with Crippen LogP contribution in [0.5, 0.6) is 5.75 Å². The summed E-state index contributed by atoms with van der Waals surface area (Å²) < 4.78 is 19.1. The number of ether oxygens (including phenoxy) is 1. The van der Waals surface area contributed by atoms with Gasteiger partial charge in [-0.25, -0.2) is 4.39 Å². The highest BCUT2D eigenvalue weighted by molar-refractivity contribution is 5.37. The number of hydrogen-bond donors (Lipinski definition) is 1. The molecule has 0 amide bonds. The van der Waals surface area contributed by atoms with Gasteiger partial charge in [-0.15, -0.1) is 0 Å². The summed E-state index contributed by atoms with van der Waals surface area (Å²) in [5.74, 6) is 0.379. The molecule has 0 saturated carbocycles. The molecule has 1 heterocycles. The first-order valence-corrected chi connectivity index (χ1v) is 5.68. The molecule has 0 radical (unpaired) electrons. The van der Waals surface area contributed by atoms with Gasteiger partial charge in [0.05, 0.1) is 13.2 Å². The number of benzene rings is 1. The molecule has 1 atom stereocenters. The van der Waals surface area contributed by atoms with Gasteiger partial charge >= 0.3 is 0 Å². The van der Waals surface area contributed by atoms with E-state index in [9.17, 15) is 4.39 Å².